The maximum Gasteiger partial charge on any atom is 0.228 e. The van der Waals surface area contributed by atoms with Crippen molar-refractivity contribution in [2.75, 3.05) is 17.2 Å². The van der Waals surface area contributed by atoms with Gasteiger partial charge in [-0.3, -0.25) is 9.69 Å². The first kappa shape index (κ1) is 12.6. The molecule has 2 heterocycles. The summed E-state index contributed by atoms with van der Waals surface area (Å²) < 4.78 is 1.83. The minimum atomic E-state index is 0.139. The van der Waals surface area contributed by atoms with Crippen LogP contribution in [0.25, 0.3) is 0 Å². The molecule has 3 nitrogen and oxygen atoms in total. The SMILES string of the molecule is O=C1CC(CS)CN1c1ccc(I)c(Br)n1. The van der Waals surface area contributed by atoms with Gasteiger partial charge in [-0.1, -0.05) is 0 Å². The molecule has 1 aliphatic rings. The first-order valence-electron chi connectivity index (χ1n) is 4.85. The van der Waals surface area contributed by atoms with Crippen molar-refractivity contribution in [3.63, 3.8) is 0 Å². The first-order chi connectivity index (χ1) is 7.61. The van der Waals surface area contributed by atoms with Crippen molar-refractivity contribution in [3.8, 4) is 0 Å². The minimum Gasteiger partial charge on any atom is -0.296 e. The minimum absolute atomic E-state index is 0.139. The Morgan fingerprint density at radius 2 is 2.38 bits per heavy atom. The predicted octanol–water partition coefficient (Wildman–Crippen LogP) is 2.73. The topological polar surface area (TPSA) is 33.2 Å². The number of hydrogen-bond donors (Lipinski definition) is 1. The van der Waals surface area contributed by atoms with Crippen LogP contribution in [0, 0.1) is 9.49 Å². The summed E-state index contributed by atoms with van der Waals surface area (Å²) in [5, 5.41) is 0. The fourth-order valence-electron chi connectivity index (χ4n) is 1.68. The van der Waals surface area contributed by atoms with Crippen LogP contribution in [0.4, 0.5) is 5.82 Å². The van der Waals surface area contributed by atoms with Crippen LogP contribution in [0.1, 0.15) is 6.42 Å². The highest BCUT2D eigenvalue weighted by atomic mass is 127. The quantitative estimate of drug-likeness (QED) is 0.460. The summed E-state index contributed by atoms with van der Waals surface area (Å²) in [6.07, 6.45) is 0.578. The van der Waals surface area contributed by atoms with Crippen LogP contribution in [-0.2, 0) is 4.79 Å². The van der Waals surface area contributed by atoms with Gasteiger partial charge in [0, 0.05) is 16.5 Å². The second kappa shape index (κ2) is 5.22. The van der Waals surface area contributed by atoms with Gasteiger partial charge < -0.3 is 0 Å². The van der Waals surface area contributed by atoms with E-state index in [-0.39, 0.29) is 5.91 Å². The van der Waals surface area contributed by atoms with Gasteiger partial charge in [-0.25, -0.2) is 4.98 Å². The molecule has 1 amide bonds. The average molecular weight is 413 g/mol. The lowest BCUT2D eigenvalue weighted by molar-refractivity contribution is -0.117. The van der Waals surface area contributed by atoms with Gasteiger partial charge in [0.15, 0.2) is 0 Å². The fourth-order valence-corrected chi connectivity index (χ4v) is 2.54. The third-order valence-corrected chi connectivity index (χ3v) is 5.26. The molecule has 0 saturated carbocycles. The highest BCUT2D eigenvalue weighted by molar-refractivity contribution is 14.1. The normalized spacial score (nSPS) is 20.6. The molecular formula is C10H10BrIN2OS. The molecule has 0 aromatic carbocycles. The van der Waals surface area contributed by atoms with Gasteiger partial charge in [-0.15, -0.1) is 0 Å². The van der Waals surface area contributed by atoms with Crippen LogP contribution in [0.5, 0.6) is 0 Å². The molecule has 0 spiro atoms. The fraction of sp³-hybridized carbons (Fsp3) is 0.400. The van der Waals surface area contributed by atoms with Crippen LogP contribution in [0.2, 0.25) is 0 Å². The summed E-state index contributed by atoms with van der Waals surface area (Å²) in [4.78, 5) is 17.9. The van der Waals surface area contributed by atoms with E-state index in [1.807, 2.05) is 12.1 Å². The molecule has 1 fully saturated rings. The Bertz CT molecular complexity index is 429. The Hall–Kier alpha value is 0.180. The highest BCUT2D eigenvalue weighted by Gasteiger charge is 2.30. The van der Waals surface area contributed by atoms with Gasteiger partial charge in [-0.05, 0) is 62.3 Å². The van der Waals surface area contributed by atoms with Crippen LogP contribution >= 0.6 is 51.1 Å². The maximum absolute atomic E-state index is 11.8. The number of hydrogen-bond acceptors (Lipinski definition) is 3. The van der Waals surface area contributed by atoms with Gasteiger partial charge >= 0.3 is 0 Å². The molecule has 86 valence electrons. The molecule has 0 radical (unpaired) electrons. The van der Waals surface area contributed by atoms with E-state index in [1.165, 1.54) is 0 Å². The smallest absolute Gasteiger partial charge is 0.228 e. The van der Waals surface area contributed by atoms with Crippen LogP contribution in [0.3, 0.4) is 0 Å². The Morgan fingerprint density at radius 3 is 2.94 bits per heavy atom. The standard InChI is InChI=1S/C10H10BrIN2OS/c11-10-7(12)1-2-8(13-10)14-4-6(5-16)3-9(14)15/h1-2,6,16H,3-5H2. The Kier molecular flexibility index (Phi) is 4.12. The molecule has 1 unspecified atom stereocenters. The van der Waals surface area contributed by atoms with E-state index in [0.717, 1.165) is 26.3 Å². The van der Waals surface area contributed by atoms with Gasteiger partial charge in [0.05, 0.1) is 0 Å². The van der Waals surface area contributed by atoms with E-state index in [4.69, 9.17) is 0 Å². The van der Waals surface area contributed by atoms with Crippen molar-refractivity contribution in [2.45, 2.75) is 6.42 Å². The Morgan fingerprint density at radius 1 is 1.62 bits per heavy atom. The molecule has 1 aliphatic heterocycles. The third kappa shape index (κ3) is 2.53. The van der Waals surface area contributed by atoms with Crippen molar-refractivity contribution >= 4 is 62.9 Å². The summed E-state index contributed by atoms with van der Waals surface area (Å²) in [7, 11) is 0. The number of thiol groups is 1. The lowest BCUT2D eigenvalue weighted by atomic mass is 10.1. The zero-order chi connectivity index (χ0) is 11.7. The molecule has 1 atom stereocenters. The van der Waals surface area contributed by atoms with Crippen LogP contribution in [0.15, 0.2) is 16.7 Å². The largest absolute Gasteiger partial charge is 0.296 e. The molecule has 1 saturated heterocycles. The molecule has 1 aromatic rings. The highest BCUT2D eigenvalue weighted by Crippen LogP contribution is 2.27. The predicted molar refractivity (Wildman–Crippen MR) is 79.0 cm³/mol. The summed E-state index contributed by atoms with van der Waals surface area (Å²) in [5.74, 6) is 1.95. The number of anilines is 1. The molecule has 1 aromatic heterocycles. The molecule has 0 aliphatic carbocycles. The van der Waals surface area contributed by atoms with Crippen molar-refractivity contribution in [2.24, 2.45) is 5.92 Å². The average Bonchev–Trinajstić information content (AvgIpc) is 2.64. The zero-order valence-electron chi connectivity index (χ0n) is 8.36. The molecule has 0 N–H and O–H groups in total. The van der Waals surface area contributed by atoms with Crippen molar-refractivity contribution in [1.29, 1.82) is 0 Å². The summed E-state index contributed by atoms with van der Waals surface area (Å²) in [5.41, 5.74) is 0. The van der Waals surface area contributed by atoms with Crippen molar-refractivity contribution in [3.05, 3.63) is 20.3 Å². The van der Waals surface area contributed by atoms with Crippen LogP contribution < -0.4 is 4.90 Å². The number of amides is 1. The number of carbonyl (C=O) groups is 1. The van der Waals surface area contributed by atoms with Gasteiger partial charge in [-0.2, -0.15) is 12.6 Å². The third-order valence-electron chi connectivity index (χ3n) is 2.53. The summed E-state index contributed by atoms with van der Waals surface area (Å²) in [6, 6.07) is 3.83. The molecule has 6 heteroatoms. The van der Waals surface area contributed by atoms with E-state index in [1.54, 1.807) is 4.90 Å². The number of nitrogens with zero attached hydrogens (tertiary/aromatic N) is 2. The molecule has 16 heavy (non-hydrogen) atoms. The lowest BCUT2D eigenvalue weighted by Crippen LogP contribution is -2.25. The van der Waals surface area contributed by atoms with E-state index in [2.05, 4.69) is 56.1 Å². The van der Waals surface area contributed by atoms with Gasteiger partial charge in [0.1, 0.15) is 10.4 Å². The maximum atomic E-state index is 11.8. The molecular weight excluding hydrogens is 403 g/mol. The number of carbonyl (C=O) groups excluding carboxylic acids is 1. The van der Waals surface area contributed by atoms with Crippen LogP contribution in [-0.4, -0.2) is 23.2 Å². The Labute approximate surface area is 122 Å². The van der Waals surface area contributed by atoms with Gasteiger partial charge in [0.2, 0.25) is 5.91 Å². The van der Waals surface area contributed by atoms with E-state index >= 15 is 0 Å². The van der Waals surface area contributed by atoms with Crippen molar-refractivity contribution in [1.82, 2.24) is 4.98 Å². The van der Waals surface area contributed by atoms with E-state index in [9.17, 15) is 4.79 Å². The number of pyridine rings is 1. The first-order valence-corrected chi connectivity index (χ1v) is 7.35. The van der Waals surface area contributed by atoms with E-state index in [0.29, 0.717) is 12.3 Å². The second-order valence-electron chi connectivity index (χ2n) is 3.70. The molecule has 0 bridgehead atoms. The zero-order valence-corrected chi connectivity index (χ0v) is 13.0. The van der Waals surface area contributed by atoms with Crippen molar-refractivity contribution < 1.29 is 4.79 Å². The summed E-state index contributed by atoms with van der Waals surface area (Å²) in [6.45, 7) is 0.725. The number of aromatic nitrogens is 1. The lowest BCUT2D eigenvalue weighted by Gasteiger charge is -2.15. The van der Waals surface area contributed by atoms with Gasteiger partial charge in [0.25, 0.3) is 0 Å². The monoisotopic (exact) mass is 412 g/mol. The Balaban J connectivity index is 2.24. The summed E-state index contributed by atoms with van der Waals surface area (Å²) >= 11 is 9.81. The number of halogens is 2. The molecule has 2 rings (SSSR count). The second-order valence-corrected chi connectivity index (χ2v) is 5.98. The van der Waals surface area contributed by atoms with E-state index < -0.39 is 0 Å². The number of rotatable bonds is 2.